The highest BCUT2D eigenvalue weighted by atomic mass is 32.2. The van der Waals surface area contributed by atoms with E-state index in [9.17, 15) is 17.8 Å². The maximum atomic E-state index is 13.3. The smallest absolute Gasteiger partial charge is 0.412 e. The number of ether oxygens (including phenoxy) is 2. The molecule has 2 aromatic carbocycles. The molecule has 1 fully saturated rings. The number of nitrogens with zero attached hydrogens (tertiary/aromatic N) is 1. The molecule has 5 rings (SSSR count). The minimum Gasteiger partial charge on any atom is -0.412 e. The van der Waals surface area contributed by atoms with E-state index in [0.717, 1.165) is 5.56 Å². The second-order valence-corrected chi connectivity index (χ2v) is 9.19. The zero-order valence-corrected chi connectivity index (χ0v) is 18.7. The Hall–Kier alpha value is -3.41. The molecule has 1 aliphatic heterocycles. The summed E-state index contributed by atoms with van der Waals surface area (Å²) in [6.45, 7) is 0. The van der Waals surface area contributed by atoms with Crippen LogP contribution in [0.25, 0.3) is 11.3 Å². The number of nitrogens with one attached hydrogen (secondary N) is 2. The van der Waals surface area contributed by atoms with Crippen molar-refractivity contribution in [3.8, 4) is 22.8 Å². The molecule has 1 aliphatic carbocycles. The summed E-state index contributed by atoms with van der Waals surface area (Å²) >= 11 is 0. The fourth-order valence-electron chi connectivity index (χ4n) is 3.79. The molecule has 8 nitrogen and oxygen atoms in total. The van der Waals surface area contributed by atoms with E-state index >= 15 is 0 Å². The topological polar surface area (TPSA) is 121 Å². The number of benzene rings is 2. The van der Waals surface area contributed by atoms with Crippen molar-refractivity contribution in [3.05, 3.63) is 66.2 Å². The Balaban J connectivity index is 0.00000274. The van der Waals surface area contributed by atoms with Gasteiger partial charge in [-0.15, -0.1) is 8.78 Å². The average molecular weight is 490 g/mol. The van der Waals surface area contributed by atoms with Crippen molar-refractivity contribution in [2.75, 3.05) is 12.4 Å². The van der Waals surface area contributed by atoms with Gasteiger partial charge in [0.05, 0.1) is 16.0 Å². The number of hydrogen-bond acceptors (Lipinski definition) is 5. The molecule has 4 N–H and O–H groups in total. The number of pyridine rings is 1. The molecule has 1 saturated carbocycles. The van der Waals surface area contributed by atoms with Gasteiger partial charge < -0.3 is 20.3 Å². The third-order valence-electron chi connectivity index (χ3n) is 5.68. The molecule has 0 spiro atoms. The average Bonchev–Trinajstić information content (AvgIpc) is 3.56. The molecule has 178 valence electrons. The van der Waals surface area contributed by atoms with Crippen LogP contribution in [0.2, 0.25) is 0 Å². The second-order valence-electron chi connectivity index (χ2n) is 7.77. The van der Waals surface area contributed by atoms with Crippen molar-refractivity contribution in [1.82, 2.24) is 9.71 Å². The van der Waals surface area contributed by atoms with Gasteiger partial charge in [-0.25, -0.2) is 13.9 Å². The molecule has 2 heterocycles. The van der Waals surface area contributed by atoms with E-state index < -0.39 is 22.7 Å². The second kappa shape index (κ2) is 8.75. The summed E-state index contributed by atoms with van der Waals surface area (Å²) in [5.41, 5.74) is 1.21. The minimum absolute atomic E-state index is 0. The molecule has 1 atom stereocenters. The highest BCUT2D eigenvalue weighted by molar-refractivity contribution is 7.83. The van der Waals surface area contributed by atoms with Crippen LogP contribution >= 0.6 is 0 Å². The van der Waals surface area contributed by atoms with Crippen molar-refractivity contribution in [3.63, 3.8) is 0 Å². The van der Waals surface area contributed by atoms with Crippen molar-refractivity contribution < 1.29 is 32.7 Å². The first-order valence-corrected chi connectivity index (χ1v) is 11.3. The molecule has 0 saturated heterocycles. The van der Waals surface area contributed by atoms with E-state index in [1.54, 1.807) is 37.4 Å². The van der Waals surface area contributed by atoms with Crippen molar-refractivity contribution in [2.24, 2.45) is 0 Å². The molecule has 11 heteroatoms. The van der Waals surface area contributed by atoms with Crippen LogP contribution < -0.4 is 19.5 Å². The lowest BCUT2D eigenvalue weighted by molar-refractivity contribution is -0.286. The third-order valence-corrected chi connectivity index (χ3v) is 6.75. The predicted molar refractivity (Wildman–Crippen MR) is 121 cm³/mol. The van der Waals surface area contributed by atoms with Crippen LogP contribution in [0, 0.1) is 0 Å². The molecule has 34 heavy (non-hydrogen) atoms. The van der Waals surface area contributed by atoms with Gasteiger partial charge in [0.15, 0.2) is 11.5 Å². The van der Waals surface area contributed by atoms with Crippen molar-refractivity contribution >= 4 is 22.7 Å². The highest BCUT2D eigenvalue weighted by Crippen LogP contribution is 2.52. The summed E-state index contributed by atoms with van der Waals surface area (Å²) in [6, 6.07) is 16.8. The first-order valence-electron chi connectivity index (χ1n) is 10.2. The number of amides is 1. The van der Waals surface area contributed by atoms with Gasteiger partial charge in [-0.3, -0.25) is 4.79 Å². The van der Waals surface area contributed by atoms with Crippen molar-refractivity contribution in [2.45, 2.75) is 29.4 Å². The molecule has 2 aliphatic rings. The van der Waals surface area contributed by atoms with E-state index in [0.29, 0.717) is 34.8 Å². The SMILES string of the molecule is CNS(=O)c1ccc(-c2cccc(NC(=O)C3(c4ccc5c(c4)OC(F)(F)O5)CC3)n2)cc1.O. The first kappa shape index (κ1) is 23.7. The number of hydrogen-bond donors (Lipinski definition) is 2. The molecule has 1 unspecified atom stereocenters. The standard InChI is InChI=1S/C23H19F2N3O4S.H2O/c1-26-33(30)16-8-5-14(6-9-16)17-3-2-4-20(27-17)28-21(29)22(11-12-22)15-7-10-18-19(13-15)32-23(24,25)31-18;/h2-10,13,26H,11-12H2,1H3,(H,27,28,29);1H2. The van der Waals surface area contributed by atoms with Gasteiger partial charge in [0, 0.05) is 5.56 Å². The Morgan fingerprint density at radius 2 is 1.74 bits per heavy atom. The third kappa shape index (κ3) is 4.37. The van der Waals surface area contributed by atoms with Crippen LogP contribution in [-0.4, -0.2) is 33.9 Å². The lowest BCUT2D eigenvalue weighted by Gasteiger charge is -2.16. The van der Waals surface area contributed by atoms with Gasteiger partial charge >= 0.3 is 6.29 Å². The lowest BCUT2D eigenvalue weighted by Crippen LogP contribution is -2.28. The van der Waals surface area contributed by atoms with Crippen LogP contribution in [0.4, 0.5) is 14.6 Å². The zero-order valence-electron chi connectivity index (χ0n) is 17.9. The number of halogens is 2. The number of carbonyl (C=O) groups excluding carboxylic acids is 1. The normalized spacial score (nSPS) is 17.4. The zero-order chi connectivity index (χ0) is 23.2. The fourth-order valence-corrected chi connectivity index (χ4v) is 4.41. The van der Waals surface area contributed by atoms with E-state index in [4.69, 9.17) is 0 Å². The molecule has 3 aromatic rings. The number of alkyl halides is 2. The Labute approximate surface area is 196 Å². The Bertz CT molecular complexity index is 1270. The Kier molecular flexibility index (Phi) is 6.11. The molecule has 1 amide bonds. The summed E-state index contributed by atoms with van der Waals surface area (Å²) in [5, 5.41) is 2.85. The number of carbonyl (C=O) groups is 1. The summed E-state index contributed by atoms with van der Waals surface area (Å²) in [4.78, 5) is 18.3. The highest BCUT2D eigenvalue weighted by Gasteiger charge is 2.52. The van der Waals surface area contributed by atoms with Gasteiger partial charge in [0.25, 0.3) is 0 Å². The number of aromatic nitrogens is 1. The summed E-state index contributed by atoms with van der Waals surface area (Å²) < 4.78 is 50.1. The monoisotopic (exact) mass is 489 g/mol. The molecule has 0 radical (unpaired) electrons. The van der Waals surface area contributed by atoms with E-state index in [2.05, 4.69) is 24.5 Å². The maximum absolute atomic E-state index is 13.3. The van der Waals surface area contributed by atoms with Crippen LogP contribution in [0.15, 0.2) is 65.6 Å². The molecule has 1 aromatic heterocycles. The van der Waals surface area contributed by atoms with Gasteiger partial charge in [-0.1, -0.05) is 24.3 Å². The predicted octanol–water partition coefficient (Wildman–Crippen LogP) is 3.16. The quantitative estimate of drug-likeness (QED) is 0.551. The maximum Gasteiger partial charge on any atom is 0.586 e. The van der Waals surface area contributed by atoms with Gasteiger partial charge in [0.2, 0.25) is 5.91 Å². The minimum atomic E-state index is -3.70. The van der Waals surface area contributed by atoms with Crippen LogP contribution in [0.3, 0.4) is 0 Å². The van der Waals surface area contributed by atoms with Gasteiger partial charge in [0.1, 0.15) is 16.8 Å². The lowest BCUT2D eigenvalue weighted by atomic mass is 9.94. The van der Waals surface area contributed by atoms with E-state index in [-0.39, 0.29) is 22.9 Å². The number of fused-ring (bicyclic) bond motifs is 1. The first-order chi connectivity index (χ1) is 15.8. The summed E-state index contributed by atoms with van der Waals surface area (Å²) in [5.74, 6) is -0.0327. The van der Waals surface area contributed by atoms with E-state index in [1.807, 2.05) is 18.2 Å². The fraction of sp³-hybridized carbons (Fsp3) is 0.217. The van der Waals surface area contributed by atoms with Crippen LogP contribution in [-0.2, 0) is 21.2 Å². The van der Waals surface area contributed by atoms with Crippen molar-refractivity contribution in [1.29, 1.82) is 0 Å². The van der Waals surface area contributed by atoms with E-state index in [1.165, 1.54) is 12.1 Å². The largest absolute Gasteiger partial charge is 0.586 e. The van der Waals surface area contributed by atoms with Crippen LogP contribution in [0.1, 0.15) is 18.4 Å². The van der Waals surface area contributed by atoms with Crippen LogP contribution in [0.5, 0.6) is 11.5 Å². The number of anilines is 1. The summed E-state index contributed by atoms with van der Waals surface area (Å²) in [6.07, 6.45) is -2.54. The molecular formula is C23H21F2N3O5S. The molecule has 0 bridgehead atoms. The number of rotatable bonds is 6. The van der Waals surface area contributed by atoms with Gasteiger partial charge in [-0.2, -0.15) is 0 Å². The molecular weight excluding hydrogens is 468 g/mol. The Morgan fingerprint density at radius 1 is 1.03 bits per heavy atom. The summed E-state index contributed by atoms with van der Waals surface area (Å²) in [7, 11) is 0.335. The van der Waals surface area contributed by atoms with Gasteiger partial charge in [-0.05, 0) is 61.9 Å². The Morgan fingerprint density at radius 3 is 2.41 bits per heavy atom.